The summed E-state index contributed by atoms with van der Waals surface area (Å²) >= 11 is 0. The van der Waals surface area contributed by atoms with Crippen molar-refractivity contribution < 1.29 is 14.6 Å². The number of benzene rings is 1. The van der Waals surface area contributed by atoms with E-state index in [-0.39, 0.29) is 12.6 Å². The summed E-state index contributed by atoms with van der Waals surface area (Å²) in [5.41, 5.74) is 1.22. The SMILES string of the molecule is CC(C)CN(CC(=O)O)CC1Cc2ccccc2O1. The van der Waals surface area contributed by atoms with Crippen LogP contribution in [0, 0.1) is 5.92 Å². The lowest BCUT2D eigenvalue weighted by Crippen LogP contribution is -2.40. The van der Waals surface area contributed by atoms with Crippen molar-refractivity contribution in [3.8, 4) is 5.75 Å². The summed E-state index contributed by atoms with van der Waals surface area (Å²) in [6.45, 7) is 5.72. The Bertz CT molecular complexity index is 420. The van der Waals surface area contributed by atoms with E-state index >= 15 is 0 Å². The predicted octanol–water partition coefficient (Wildman–Crippen LogP) is 2.03. The lowest BCUT2D eigenvalue weighted by molar-refractivity contribution is -0.138. The molecule has 0 amide bonds. The quantitative estimate of drug-likeness (QED) is 0.853. The first-order valence-corrected chi connectivity index (χ1v) is 6.73. The molecule has 0 saturated heterocycles. The van der Waals surface area contributed by atoms with E-state index in [1.165, 1.54) is 5.56 Å². The van der Waals surface area contributed by atoms with Crippen molar-refractivity contribution in [2.24, 2.45) is 5.92 Å². The van der Waals surface area contributed by atoms with E-state index in [0.29, 0.717) is 12.5 Å². The molecule has 1 aromatic rings. The van der Waals surface area contributed by atoms with Crippen molar-refractivity contribution in [1.82, 2.24) is 4.90 Å². The molecule has 2 rings (SSSR count). The zero-order valence-corrected chi connectivity index (χ0v) is 11.5. The van der Waals surface area contributed by atoms with Gasteiger partial charge in [0.15, 0.2) is 0 Å². The standard InChI is InChI=1S/C15H21NO3/c1-11(2)8-16(10-15(17)18)9-13-7-12-5-3-4-6-14(12)19-13/h3-6,11,13H,7-10H2,1-2H3,(H,17,18). The van der Waals surface area contributed by atoms with Gasteiger partial charge in [0.25, 0.3) is 0 Å². The maximum absolute atomic E-state index is 10.9. The smallest absolute Gasteiger partial charge is 0.317 e. The number of hydrogen-bond acceptors (Lipinski definition) is 3. The van der Waals surface area contributed by atoms with Crippen LogP contribution in [0.25, 0.3) is 0 Å². The number of carboxylic acids is 1. The molecule has 104 valence electrons. The van der Waals surface area contributed by atoms with Crippen LogP contribution in [0.4, 0.5) is 0 Å². The second-order valence-corrected chi connectivity index (χ2v) is 5.53. The monoisotopic (exact) mass is 263 g/mol. The molecule has 0 aromatic heterocycles. The largest absolute Gasteiger partial charge is 0.488 e. The third-order valence-corrected chi connectivity index (χ3v) is 3.16. The maximum atomic E-state index is 10.9. The van der Waals surface area contributed by atoms with Crippen LogP contribution < -0.4 is 4.74 Å². The van der Waals surface area contributed by atoms with Gasteiger partial charge in [0.1, 0.15) is 11.9 Å². The molecule has 1 aromatic carbocycles. The molecule has 1 aliphatic rings. The van der Waals surface area contributed by atoms with Gasteiger partial charge in [0.05, 0.1) is 6.54 Å². The first-order chi connectivity index (χ1) is 9.04. The first-order valence-electron chi connectivity index (χ1n) is 6.73. The minimum absolute atomic E-state index is 0.0653. The Morgan fingerprint density at radius 2 is 2.21 bits per heavy atom. The first kappa shape index (κ1) is 13.9. The molecule has 0 aliphatic carbocycles. The Kier molecular flexibility index (Phi) is 4.43. The highest BCUT2D eigenvalue weighted by atomic mass is 16.5. The van der Waals surface area contributed by atoms with E-state index < -0.39 is 5.97 Å². The molecular formula is C15H21NO3. The van der Waals surface area contributed by atoms with Gasteiger partial charge < -0.3 is 9.84 Å². The summed E-state index contributed by atoms with van der Waals surface area (Å²) in [5.74, 6) is 0.603. The van der Waals surface area contributed by atoms with Crippen molar-refractivity contribution in [2.45, 2.75) is 26.4 Å². The Morgan fingerprint density at radius 3 is 2.84 bits per heavy atom. The number of fused-ring (bicyclic) bond motifs is 1. The summed E-state index contributed by atoms with van der Waals surface area (Å²) in [6, 6.07) is 8.01. The van der Waals surface area contributed by atoms with Gasteiger partial charge in [-0.05, 0) is 17.5 Å². The molecule has 4 heteroatoms. The summed E-state index contributed by atoms with van der Waals surface area (Å²) in [7, 11) is 0. The lowest BCUT2D eigenvalue weighted by Gasteiger charge is -2.25. The third-order valence-electron chi connectivity index (χ3n) is 3.16. The van der Waals surface area contributed by atoms with Crippen LogP contribution in [0.2, 0.25) is 0 Å². The molecule has 1 atom stereocenters. The predicted molar refractivity (Wildman–Crippen MR) is 73.5 cm³/mol. The van der Waals surface area contributed by atoms with E-state index in [2.05, 4.69) is 19.9 Å². The second-order valence-electron chi connectivity index (χ2n) is 5.53. The van der Waals surface area contributed by atoms with Gasteiger partial charge in [0.2, 0.25) is 0 Å². The van der Waals surface area contributed by atoms with Crippen molar-refractivity contribution >= 4 is 5.97 Å². The van der Waals surface area contributed by atoms with Gasteiger partial charge in [-0.1, -0.05) is 32.0 Å². The van der Waals surface area contributed by atoms with Gasteiger partial charge in [-0.15, -0.1) is 0 Å². The van der Waals surface area contributed by atoms with Gasteiger partial charge in [-0.2, -0.15) is 0 Å². The average Bonchev–Trinajstić information content (AvgIpc) is 2.68. The Hall–Kier alpha value is -1.55. The van der Waals surface area contributed by atoms with Crippen LogP contribution in [0.5, 0.6) is 5.75 Å². The van der Waals surface area contributed by atoms with Crippen molar-refractivity contribution in [2.75, 3.05) is 19.6 Å². The molecule has 0 fully saturated rings. The Morgan fingerprint density at radius 1 is 1.47 bits per heavy atom. The van der Waals surface area contributed by atoms with E-state index in [9.17, 15) is 4.79 Å². The Labute approximate surface area is 114 Å². The maximum Gasteiger partial charge on any atom is 0.317 e. The molecule has 0 bridgehead atoms. The number of aliphatic carboxylic acids is 1. The molecule has 1 unspecified atom stereocenters. The number of para-hydroxylation sites is 1. The van der Waals surface area contributed by atoms with Crippen LogP contribution in [0.15, 0.2) is 24.3 Å². The average molecular weight is 263 g/mol. The molecule has 0 radical (unpaired) electrons. The fourth-order valence-electron chi connectivity index (χ4n) is 2.56. The van der Waals surface area contributed by atoms with Crippen LogP contribution in [-0.4, -0.2) is 41.7 Å². The molecular weight excluding hydrogens is 242 g/mol. The highest BCUT2D eigenvalue weighted by Crippen LogP contribution is 2.28. The van der Waals surface area contributed by atoms with E-state index in [1.807, 2.05) is 23.1 Å². The van der Waals surface area contributed by atoms with Gasteiger partial charge in [-0.25, -0.2) is 0 Å². The number of nitrogens with zero attached hydrogens (tertiary/aromatic N) is 1. The number of ether oxygens (including phenoxy) is 1. The zero-order chi connectivity index (χ0) is 13.8. The van der Waals surface area contributed by atoms with Crippen LogP contribution in [0.1, 0.15) is 19.4 Å². The molecule has 1 heterocycles. The van der Waals surface area contributed by atoms with Gasteiger partial charge in [-0.3, -0.25) is 9.69 Å². The number of carbonyl (C=O) groups is 1. The minimum Gasteiger partial charge on any atom is -0.488 e. The topological polar surface area (TPSA) is 49.8 Å². The third kappa shape index (κ3) is 3.96. The number of hydrogen-bond donors (Lipinski definition) is 1. The minimum atomic E-state index is -0.781. The highest BCUT2D eigenvalue weighted by molar-refractivity contribution is 5.69. The Balaban J connectivity index is 1.94. The molecule has 1 aliphatic heterocycles. The highest BCUT2D eigenvalue weighted by Gasteiger charge is 2.25. The van der Waals surface area contributed by atoms with Crippen LogP contribution in [-0.2, 0) is 11.2 Å². The summed E-state index contributed by atoms with van der Waals surface area (Å²) in [4.78, 5) is 12.9. The molecule has 0 spiro atoms. The summed E-state index contributed by atoms with van der Waals surface area (Å²) in [6.07, 6.45) is 0.931. The van der Waals surface area contributed by atoms with Crippen molar-refractivity contribution in [3.63, 3.8) is 0 Å². The van der Waals surface area contributed by atoms with Crippen molar-refractivity contribution in [3.05, 3.63) is 29.8 Å². The number of rotatable bonds is 6. The molecule has 0 saturated carbocycles. The molecule has 4 nitrogen and oxygen atoms in total. The fraction of sp³-hybridized carbons (Fsp3) is 0.533. The zero-order valence-electron chi connectivity index (χ0n) is 11.5. The van der Waals surface area contributed by atoms with Crippen molar-refractivity contribution in [1.29, 1.82) is 0 Å². The fourth-order valence-corrected chi connectivity index (χ4v) is 2.56. The van der Waals surface area contributed by atoms with E-state index in [4.69, 9.17) is 9.84 Å². The molecule has 19 heavy (non-hydrogen) atoms. The summed E-state index contributed by atoms with van der Waals surface area (Å²) in [5, 5.41) is 8.96. The van der Waals surface area contributed by atoms with E-state index in [0.717, 1.165) is 18.7 Å². The number of carboxylic acid groups (broad SMARTS) is 1. The van der Waals surface area contributed by atoms with Gasteiger partial charge >= 0.3 is 5.97 Å². The van der Waals surface area contributed by atoms with Gasteiger partial charge in [0, 0.05) is 19.5 Å². The van der Waals surface area contributed by atoms with Crippen LogP contribution in [0.3, 0.4) is 0 Å². The molecule has 1 N–H and O–H groups in total. The van der Waals surface area contributed by atoms with E-state index in [1.54, 1.807) is 0 Å². The van der Waals surface area contributed by atoms with Crippen LogP contribution >= 0.6 is 0 Å². The lowest BCUT2D eigenvalue weighted by atomic mass is 10.1. The summed E-state index contributed by atoms with van der Waals surface area (Å²) < 4.78 is 5.87. The normalized spacial score (nSPS) is 17.6. The second kappa shape index (κ2) is 6.06.